The van der Waals surface area contributed by atoms with Gasteiger partial charge in [-0.05, 0) is 31.1 Å². The Hall–Kier alpha value is -0.860. The highest BCUT2D eigenvalue weighted by Gasteiger charge is 2.22. The second kappa shape index (κ2) is 11.7. The maximum Gasteiger partial charge on any atom is 0.0692 e. The fourth-order valence-corrected chi connectivity index (χ4v) is 3.35. The van der Waals surface area contributed by atoms with Gasteiger partial charge in [-0.1, -0.05) is 77.4 Å². The lowest BCUT2D eigenvalue weighted by Gasteiger charge is -2.30. The Bertz CT molecular complexity index is 334. The fraction of sp³-hybridized carbons (Fsp3) is 0.895. The number of hydrogen-bond donors (Lipinski definition) is 0. The second-order valence-corrected chi connectivity index (χ2v) is 7.20. The average Bonchev–Trinajstić information content (AvgIpc) is 3.02. The quantitative estimate of drug-likeness (QED) is 0.394. The molecule has 0 amide bonds. The molecule has 1 rings (SSSR count). The molecule has 3 nitrogen and oxygen atoms in total. The highest BCUT2D eigenvalue weighted by atomic mass is 15.4. The van der Waals surface area contributed by atoms with Crippen molar-refractivity contribution in [2.75, 3.05) is 0 Å². The van der Waals surface area contributed by atoms with E-state index in [-0.39, 0.29) is 0 Å². The summed E-state index contributed by atoms with van der Waals surface area (Å²) >= 11 is 0. The van der Waals surface area contributed by atoms with E-state index in [4.69, 9.17) is 0 Å². The molecule has 0 saturated carbocycles. The van der Waals surface area contributed by atoms with Gasteiger partial charge in [0.25, 0.3) is 0 Å². The maximum absolute atomic E-state index is 4.08. The SMILES string of the molecule is CCCCCCC(C)(CCCCCC)CCCn1ccnn1. The minimum atomic E-state index is 0.530. The second-order valence-electron chi connectivity index (χ2n) is 7.20. The van der Waals surface area contributed by atoms with E-state index in [1.54, 1.807) is 6.20 Å². The van der Waals surface area contributed by atoms with Crippen LogP contribution in [0.5, 0.6) is 0 Å². The van der Waals surface area contributed by atoms with Crippen LogP contribution in [-0.2, 0) is 6.54 Å². The first-order valence-corrected chi connectivity index (χ1v) is 9.54. The zero-order valence-corrected chi connectivity index (χ0v) is 15.2. The number of hydrogen-bond acceptors (Lipinski definition) is 2. The van der Waals surface area contributed by atoms with E-state index in [0.29, 0.717) is 5.41 Å². The summed E-state index contributed by atoms with van der Waals surface area (Å²) in [5.41, 5.74) is 0.530. The van der Waals surface area contributed by atoms with Crippen molar-refractivity contribution in [1.82, 2.24) is 15.0 Å². The van der Waals surface area contributed by atoms with Crippen LogP contribution in [0, 0.1) is 5.41 Å². The van der Waals surface area contributed by atoms with Gasteiger partial charge in [-0.15, -0.1) is 5.10 Å². The molecule has 0 aliphatic carbocycles. The van der Waals surface area contributed by atoms with Crippen molar-refractivity contribution in [3.63, 3.8) is 0 Å². The summed E-state index contributed by atoms with van der Waals surface area (Å²) in [6, 6.07) is 0. The van der Waals surface area contributed by atoms with Crippen LogP contribution >= 0.6 is 0 Å². The molecule has 0 spiro atoms. The van der Waals surface area contributed by atoms with Gasteiger partial charge >= 0.3 is 0 Å². The molecule has 0 fully saturated rings. The van der Waals surface area contributed by atoms with Crippen molar-refractivity contribution in [2.24, 2.45) is 5.41 Å². The number of aromatic nitrogens is 3. The van der Waals surface area contributed by atoms with Crippen molar-refractivity contribution in [1.29, 1.82) is 0 Å². The third-order valence-corrected chi connectivity index (χ3v) is 4.91. The Balaban J connectivity index is 2.33. The van der Waals surface area contributed by atoms with Crippen LogP contribution in [0.2, 0.25) is 0 Å². The van der Waals surface area contributed by atoms with Gasteiger partial charge in [-0.25, -0.2) is 0 Å². The lowest BCUT2D eigenvalue weighted by molar-refractivity contribution is 0.220. The van der Waals surface area contributed by atoms with E-state index in [1.165, 1.54) is 77.0 Å². The van der Waals surface area contributed by atoms with Crippen molar-refractivity contribution in [3.05, 3.63) is 12.4 Å². The van der Waals surface area contributed by atoms with Crippen molar-refractivity contribution < 1.29 is 0 Å². The third-order valence-electron chi connectivity index (χ3n) is 4.91. The van der Waals surface area contributed by atoms with Crippen molar-refractivity contribution in [2.45, 2.75) is 104 Å². The molecule has 0 atom stereocenters. The van der Waals surface area contributed by atoms with Gasteiger partial charge in [0.2, 0.25) is 0 Å². The molecule has 1 heterocycles. The summed E-state index contributed by atoms with van der Waals surface area (Å²) in [5, 5.41) is 7.97. The molecule has 0 aromatic carbocycles. The van der Waals surface area contributed by atoms with E-state index in [9.17, 15) is 0 Å². The molecule has 128 valence electrons. The molecule has 22 heavy (non-hydrogen) atoms. The van der Waals surface area contributed by atoms with E-state index < -0.39 is 0 Å². The molecule has 0 unspecified atom stereocenters. The van der Waals surface area contributed by atoms with E-state index in [0.717, 1.165) is 6.54 Å². The Morgan fingerprint density at radius 3 is 1.91 bits per heavy atom. The average molecular weight is 308 g/mol. The lowest BCUT2D eigenvalue weighted by Crippen LogP contribution is -2.18. The largest absolute Gasteiger partial charge is 0.253 e. The van der Waals surface area contributed by atoms with Gasteiger partial charge in [0.15, 0.2) is 0 Å². The Labute approximate surface area is 137 Å². The Morgan fingerprint density at radius 1 is 0.818 bits per heavy atom. The highest BCUT2D eigenvalue weighted by molar-refractivity contribution is 4.75. The number of unbranched alkanes of at least 4 members (excludes halogenated alkanes) is 6. The Kier molecular flexibility index (Phi) is 10.2. The van der Waals surface area contributed by atoms with Gasteiger partial charge in [-0.2, -0.15) is 0 Å². The molecular weight excluding hydrogens is 270 g/mol. The first kappa shape index (κ1) is 19.2. The topological polar surface area (TPSA) is 30.7 Å². The van der Waals surface area contributed by atoms with Gasteiger partial charge in [-0.3, -0.25) is 4.68 Å². The van der Waals surface area contributed by atoms with Crippen LogP contribution < -0.4 is 0 Å². The summed E-state index contributed by atoms with van der Waals surface area (Å²) in [4.78, 5) is 0. The minimum absolute atomic E-state index is 0.530. The zero-order chi connectivity index (χ0) is 16.1. The van der Waals surface area contributed by atoms with Gasteiger partial charge in [0.05, 0.1) is 6.20 Å². The zero-order valence-electron chi connectivity index (χ0n) is 15.2. The highest BCUT2D eigenvalue weighted by Crippen LogP contribution is 2.36. The van der Waals surface area contributed by atoms with Crippen LogP contribution in [0.1, 0.15) is 97.8 Å². The fourth-order valence-electron chi connectivity index (χ4n) is 3.35. The summed E-state index contributed by atoms with van der Waals surface area (Å²) < 4.78 is 1.97. The predicted molar refractivity (Wildman–Crippen MR) is 94.9 cm³/mol. The molecule has 0 aliphatic rings. The molecule has 1 aromatic rings. The number of aryl methyl sites for hydroxylation is 1. The first-order valence-electron chi connectivity index (χ1n) is 9.54. The molecule has 0 bridgehead atoms. The molecule has 3 heteroatoms. The molecule has 0 aliphatic heterocycles. The minimum Gasteiger partial charge on any atom is -0.253 e. The van der Waals surface area contributed by atoms with Crippen LogP contribution in [0.4, 0.5) is 0 Å². The normalized spacial score (nSPS) is 12.0. The van der Waals surface area contributed by atoms with Gasteiger partial charge < -0.3 is 0 Å². The first-order chi connectivity index (χ1) is 10.7. The lowest BCUT2D eigenvalue weighted by atomic mass is 9.76. The molecule has 0 radical (unpaired) electrons. The van der Waals surface area contributed by atoms with E-state index in [2.05, 4.69) is 31.1 Å². The van der Waals surface area contributed by atoms with Gasteiger partial charge in [0, 0.05) is 12.7 Å². The van der Waals surface area contributed by atoms with E-state index >= 15 is 0 Å². The summed E-state index contributed by atoms with van der Waals surface area (Å²) in [6.07, 6.45) is 20.2. The molecule has 0 saturated heterocycles. The van der Waals surface area contributed by atoms with Crippen LogP contribution in [0.15, 0.2) is 12.4 Å². The van der Waals surface area contributed by atoms with Crippen LogP contribution in [0.25, 0.3) is 0 Å². The van der Waals surface area contributed by atoms with Gasteiger partial charge in [0.1, 0.15) is 0 Å². The summed E-state index contributed by atoms with van der Waals surface area (Å²) in [5.74, 6) is 0. The maximum atomic E-state index is 4.08. The molecular formula is C19H37N3. The number of rotatable bonds is 14. The van der Waals surface area contributed by atoms with Crippen molar-refractivity contribution >= 4 is 0 Å². The standard InChI is InChI=1S/C19H37N3/c1-4-6-8-10-13-19(3,14-11-9-7-5-2)15-12-17-22-18-16-20-21-22/h16,18H,4-15,17H2,1-3H3. The van der Waals surface area contributed by atoms with Crippen LogP contribution in [-0.4, -0.2) is 15.0 Å². The molecule has 0 N–H and O–H groups in total. The predicted octanol–water partition coefficient (Wildman–Crippen LogP) is 6.01. The monoisotopic (exact) mass is 307 g/mol. The number of nitrogens with zero attached hydrogens (tertiary/aromatic N) is 3. The Morgan fingerprint density at radius 2 is 1.41 bits per heavy atom. The smallest absolute Gasteiger partial charge is 0.0692 e. The third kappa shape index (κ3) is 8.55. The summed E-state index contributed by atoms with van der Waals surface area (Å²) in [6.45, 7) is 8.12. The summed E-state index contributed by atoms with van der Waals surface area (Å²) in [7, 11) is 0. The molecule has 1 aromatic heterocycles. The van der Waals surface area contributed by atoms with Crippen molar-refractivity contribution in [3.8, 4) is 0 Å². The van der Waals surface area contributed by atoms with E-state index in [1.807, 2.05) is 10.9 Å². The van der Waals surface area contributed by atoms with Crippen LogP contribution in [0.3, 0.4) is 0 Å².